The van der Waals surface area contributed by atoms with Gasteiger partial charge in [-0.15, -0.1) is 0 Å². The minimum Gasteiger partial charge on any atom is -0.368 e. The first-order chi connectivity index (χ1) is 15.4. The highest BCUT2D eigenvalue weighted by Crippen LogP contribution is 2.32. The van der Waals surface area contributed by atoms with Gasteiger partial charge < -0.3 is 9.80 Å². The lowest BCUT2D eigenvalue weighted by atomic mass is 10.2. The fraction of sp³-hybridized carbons (Fsp3) is 0.227. The van der Waals surface area contributed by atoms with E-state index in [0.29, 0.717) is 31.7 Å². The molecule has 9 nitrogen and oxygen atoms in total. The van der Waals surface area contributed by atoms with Crippen molar-refractivity contribution in [2.75, 3.05) is 37.6 Å². The predicted octanol–water partition coefficient (Wildman–Crippen LogP) is 2.98. The zero-order valence-corrected chi connectivity index (χ0v) is 17.9. The van der Waals surface area contributed by atoms with Crippen molar-refractivity contribution >= 4 is 46.3 Å². The first kappa shape index (κ1) is 21.6. The summed E-state index contributed by atoms with van der Waals surface area (Å²) >= 11 is 0.759. The molecule has 0 bridgehead atoms. The lowest BCUT2D eigenvalue weighted by Crippen LogP contribution is -2.51. The normalized spacial score (nSPS) is 17.9. The number of benzene rings is 2. The molecule has 0 aromatic heterocycles. The number of non-ortho nitro benzene ring substituents is 1. The van der Waals surface area contributed by atoms with E-state index in [1.165, 1.54) is 30.3 Å². The molecule has 2 aliphatic rings. The van der Waals surface area contributed by atoms with Gasteiger partial charge in [0.05, 0.1) is 9.83 Å². The lowest BCUT2D eigenvalue weighted by molar-refractivity contribution is -0.384. The Morgan fingerprint density at radius 1 is 1.00 bits per heavy atom. The average Bonchev–Trinajstić information content (AvgIpc) is 3.07. The van der Waals surface area contributed by atoms with Crippen molar-refractivity contribution in [3.05, 3.63) is 75.2 Å². The molecule has 0 spiro atoms. The maximum atomic E-state index is 12.7. The topological polar surface area (TPSA) is 104 Å². The molecule has 2 saturated heterocycles. The van der Waals surface area contributed by atoms with Crippen molar-refractivity contribution in [2.45, 2.75) is 0 Å². The second-order valence-electron chi connectivity index (χ2n) is 7.32. The Labute approximate surface area is 188 Å². The summed E-state index contributed by atoms with van der Waals surface area (Å²) in [5.74, 6) is -0.800. The van der Waals surface area contributed by atoms with Crippen molar-refractivity contribution in [2.24, 2.45) is 0 Å². The van der Waals surface area contributed by atoms with Gasteiger partial charge in [-0.2, -0.15) is 0 Å². The van der Waals surface area contributed by atoms with Gasteiger partial charge in [0.25, 0.3) is 16.8 Å². The van der Waals surface area contributed by atoms with Crippen LogP contribution in [0.5, 0.6) is 0 Å². The molecule has 0 unspecified atom stereocenters. The van der Waals surface area contributed by atoms with Gasteiger partial charge in [0, 0.05) is 44.0 Å². The van der Waals surface area contributed by atoms with Crippen LogP contribution in [-0.4, -0.2) is 64.5 Å². The Balaban J connectivity index is 1.36. The van der Waals surface area contributed by atoms with Crippen molar-refractivity contribution in [3.8, 4) is 0 Å². The number of nitrogens with zero attached hydrogens (tertiary/aromatic N) is 4. The fourth-order valence-corrected chi connectivity index (χ4v) is 4.41. The summed E-state index contributed by atoms with van der Waals surface area (Å²) in [7, 11) is 0. The van der Waals surface area contributed by atoms with Gasteiger partial charge in [-0.1, -0.05) is 18.2 Å². The van der Waals surface area contributed by atoms with E-state index in [4.69, 9.17) is 0 Å². The molecule has 2 aliphatic heterocycles. The zero-order valence-electron chi connectivity index (χ0n) is 17.0. The number of rotatable bonds is 5. The van der Waals surface area contributed by atoms with Crippen molar-refractivity contribution in [1.29, 1.82) is 0 Å². The van der Waals surface area contributed by atoms with Gasteiger partial charge in [0.1, 0.15) is 6.54 Å². The van der Waals surface area contributed by atoms with Crippen LogP contribution >= 0.6 is 11.8 Å². The standard InChI is InChI=1S/C22H20N4O5S/c27-20(24-12-10-23(11-13-24)17-4-2-1-3-5-17)15-25-21(28)19(32-22(25)29)14-16-6-8-18(9-7-16)26(30)31/h1-9,14H,10-13,15H2/b19-14+. The molecular formula is C22H20N4O5S. The number of para-hydroxylation sites is 1. The minimum atomic E-state index is -0.533. The van der Waals surface area contributed by atoms with Crippen LogP contribution in [0.25, 0.3) is 6.08 Å². The molecule has 4 rings (SSSR count). The maximum Gasteiger partial charge on any atom is 0.294 e. The number of hydrogen-bond donors (Lipinski definition) is 0. The number of piperazine rings is 1. The predicted molar refractivity (Wildman–Crippen MR) is 121 cm³/mol. The van der Waals surface area contributed by atoms with E-state index < -0.39 is 16.1 Å². The van der Waals surface area contributed by atoms with Gasteiger partial charge in [-0.3, -0.25) is 29.4 Å². The zero-order chi connectivity index (χ0) is 22.7. The van der Waals surface area contributed by atoms with Gasteiger partial charge >= 0.3 is 0 Å². The molecule has 10 heteroatoms. The Kier molecular flexibility index (Phi) is 6.22. The first-order valence-corrected chi connectivity index (χ1v) is 10.8. The number of anilines is 1. The van der Waals surface area contributed by atoms with Gasteiger partial charge in [0.2, 0.25) is 5.91 Å². The Hall–Kier alpha value is -3.66. The second-order valence-corrected chi connectivity index (χ2v) is 8.31. The van der Waals surface area contributed by atoms with Gasteiger partial charge in [-0.05, 0) is 47.7 Å². The monoisotopic (exact) mass is 452 g/mol. The van der Waals surface area contributed by atoms with Crippen LogP contribution in [0.3, 0.4) is 0 Å². The molecule has 0 atom stereocenters. The average molecular weight is 452 g/mol. The smallest absolute Gasteiger partial charge is 0.294 e. The number of thioether (sulfide) groups is 1. The van der Waals surface area contributed by atoms with Crippen LogP contribution in [0.4, 0.5) is 16.2 Å². The highest BCUT2D eigenvalue weighted by molar-refractivity contribution is 8.18. The second kappa shape index (κ2) is 9.23. The summed E-state index contributed by atoms with van der Waals surface area (Å²) < 4.78 is 0. The lowest BCUT2D eigenvalue weighted by Gasteiger charge is -2.36. The van der Waals surface area contributed by atoms with Crippen LogP contribution in [0, 0.1) is 10.1 Å². The number of nitro benzene ring substituents is 1. The molecule has 2 fully saturated rings. The fourth-order valence-electron chi connectivity index (χ4n) is 3.57. The van der Waals surface area contributed by atoms with E-state index >= 15 is 0 Å². The van der Waals surface area contributed by atoms with E-state index in [1.807, 2.05) is 30.3 Å². The Morgan fingerprint density at radius 2 is 1.66 bits per heavy atom. The number of amides is 3. The van der Waals surface area contributed by atoms with Crippen molar-refractivity contribution in [3.63, 3.8) is 0 Å². The van der Waals surface area contributed by atoms with Crippen LogP contribution in [-0.2, 0) is 9.59 Å². The molecule has 32 heavy (non-hydrogen) atoms. The molecule has 164 valence electrons. The molecule has 2 aromatic carbocycles. The van der Waals surface area contributed by atoms with E-state index in [-0.39, 0.29) is 23.0 Å². The van der Waals surface area contributed by atoms with Crippen molar-refractivity contribution in [1.82, 2.24) is 9.80 Å². The minimum absolute atomic E-state index is 0.0618. The maximum absolute atomic E-state index is 12.7. The first-order valence-electron chi connectivity index (χ1n) is 10.00. The number of imide groups is 1. The molecule has 0 aliphatic carbocycles. The van der Waals surface area contributed by atoms with Gasteiger partial charge in [-0.25, -0.2) is 0 Å². The third-order valence-corrected chi connectivity index (χ3v) is 6.23. The third kappa shape index (κ3) is 4.65. The molecule has 0 radical (unpaired) electrons. The molecule has 2 heterocycles. The van der Waals surface area contributed by atoms with Crippen LogP contribution in [0.15, 0.2) is 59.5 Å². The summed E-state index contributed by atoms with van der Waals surface area (Å²) in [5, 5.41) is 10.3. The van der Waals surface area contributed by atoms with E-state index in [1.54, 1.807) is 4.90 Å². The molecule has 2 aromatic rings. The summed E-state index contributed by atoms with van der Waals surface area (Å²) in [4.78, 5) is 53.0. The largest absolute Gasteiger partial charge is 0.368 e. The summed E-state index contributed by atoms with van der Waals surface area (Å²) in [6, 6.07) is 15.6. The third-order valence-electron chi connectivity index (χ3n) is 5.32. The van der Waals surface area contributed by atoms with Crippen LogP contribution < -0.4 is 4.90 Å². The number of carbonyl (C=O) groups is 3. The number of carbonyl (C=O) groups excluding carboxylic acids is 3. The highest BCUT2D eigenvalue weighted by atomic mass is 32.2. The number of hydrogen-bond acceptors (Lipinski definition) is 7. The Bertz CT molecular complexity index is 1080. The number of nitro groups is 1. The molecule has 0 N–H and O–H groups in total. The van der Waals surface area contributed by atoms with Crippen LogP contribution in [0.2, 0.25) is 0 Å². The summed E-state index contributed by atoms with van der Waals surface area (Å²) in [5.41, 5.74) is 1.60. The molecular weight excluding hydrogens is 432 g/mol. The summed E-state index contributed by atoms with van der Waals surface area (Å²) in [6.45, 7) is 2.09. The van der Waals surface area contributed by atoms with E-state index in [2.05, 4.69) is 4.90 Å². The van der Waals surface area contributed by atoms with E-state index in [9.17, 15) is 24.5 Å². The molecule has 0 saturated carbocycles. The SMILES string of the molecule is O=C(CN1C(=O)S/C(=C/c2ccc([N+](=O)[O-])cc2)C1=O)N1CCN(c2ccccc2)CC1. The highest BCUT2D eigenvalue weighted by Gasteiger charge is 2.37. The Morgan fingerprint density at radius 3 is 2.28 bits per heavy atom. The summed E-state index contributed by atoms with van der Waals surface area (Å²) in [6.07, 6.45) is 1.50. The van der Waals surface area contributed by atoms with E-state index in [0.717, 1.165) is 22.3 Å². The van der Waals surface area contributed by atoms with Crippen LogP contribution in [0.1, 0.15) is 5.56 Å². The quantitative estimate of drug-likeness (QED) is 0.390. The van der Waals surface area contributed by atoms with Crippen molar-refractivity contribution < 1.29 is 19.3 Å². The van der Waals surface area contributed by atoms with Gasteiger partial charge in [0.15, 0.2) is 0 Å². The molecule has 3 amide bonds.